The van der Waals surface area contributed by atoms with E-state index in [4.69, 9.17) is 11.2 Å². The van der Waals surface area contributed by atoms with Crippen LogP contribution >= 0.6 is 0 Å². The Balaban J connectivity index is 2.61. The third-order valence-corrected chi connectivity index (χ3v) is 2.15. The van der Waals surface area contributed by atoms with Crippen LogP contribution in [0.15, 0.2) is 0 Å². The molecular weight excluding hydrogens is 166 g/mol. The molecule has 1 radical (unpaired) electrons. The van der Waals surface area contributed by atoms with Gasteiger partial charge in [0, 0.05) is 13.1 Å². The molecule has 0 aromatic carbocycles. The zero-order valence-electron chi connectivity index (χ0n) is 8.09. The molecule has 0 saturated carbocycles. The van der Waals surface area contributed by atoms with Crippen molar-refractivity contribution in [3.63, 3.8) is 0 Å². The molecule has 1 saturated heterocycles. The fourth-order valence-electron chi connectivity index (χ4n) is 1.22. The molecule has 0 atom stereocenters. The summed E-state index contributed by atoms with van der Waals surface area (Å²) in [5, 5.41) is 0. The monoisotopic (exact) mass is 180 g/mol. The Kier molecular flexibility index (Phi) is 2.94. The summed E-state index contributed by atoms with van der Waals surface area (Å²) in [5.74, 6) is 2.22. The molecule has 1 heterocycles. The van der Waals surface area contributed by atoms with Gasteiger partial charge in [-0.05, 0) is 20.3 Å². The van der Waals surface area contributed by atoms with Crippen LogP contribution in [0.5, 0.6) is 0 Å². The molecule has 1 rings (SSSR count). The minimum Gasteiger partial charge on any atom is -0.378 e. The SMILES string of the molecule is [C]#CC(C)(C)C(=O)N1CCOCC1. The predicted molar refractivity (Wildman–Crippen MR) is 48.3 cm³/mol. The summed E-state index contributed by atoms with van der Waals surface area (Å²) in [6.07, 6.45) is 7.03. The minimum absolute atomic E-state index is 0.0363. The van der Waals surface area contributed by atoms with E-state index >= 15 is 0 Å². The lowest BCUT2D eigenvalue weighted by Crippen LogP contribution is -2.46. The number of rotatable bonds is 1. The van der Waals surface area contributed by atoms with Crippen molar-refractivity contribution in [3.8, 4) is 5.92 Å². The van der Waals surface area contributed by atoms with Crippen LogP contribution in [0.1, 0.15) is 13.8 Å². The van der Waals surface area contributed by atoms with E-state index in [2.05, 4.69) is 5.92 Å². The van der Waals surface area contributed by atoms with Gasteiger partial charge in [-0.15, -0.1) is 0 Å². The predicted octanol–water partition coefficient (Wildman–Crippen LogP) is 0.461. The van der Waals surface area contributed by atoms with Crippen LogP contribution in [0, 0.1) is 17.8 Å². The van der Waals surface area contributed by atoms with Gasteiger partial charge in [0.2, 0.25) is 5.91 Å². The molecule has 0 bridgehead atoms. The molecule has 3 heteroatoms. The van der Waals surface area contributed by atoms with Crippen molar-refractivity contribution < 1.29 is 9.53 Å². The number of ether oxygens (including phenoxy) is 1. The fourth-order valence-corrected chi connectivity index (χ4v) is 1.22. The average Bonchev–Trinajstić information content (AvgIpc) is 2.18. The number of morpholine rings is 1. The van der Waals surface area contributed by atoms with Crippen LogP contribution in [-0.4, -0.2) is 37.1 Å². The van der Waals surface area contributed by atoms with Crippen LogP contribution in [-0.2, 0) is 9.53 Å². The van der Waals surface area contributed by atoms with E-state index in [9.17, 15) is 4.79 Å². The van der Waals surface area contributed by atoms with E-state index in [-0.39, 0.29) is 5.91 Å². The number of amides is 1. The van der Waals surface area contributed by atoms with Crippen molar-refractivity contribution in [3.05, 3.63) is 6.42 Å². The van der Waals surface area contributed by atoms with Crippen molar-refractivity contribution in [2.45, 2.75) is 13.8 Å². The van der Waals surface area contributed by atoms with Crippen molar-refractivity contribution in [2.75, 3.05) is 26.3 Å². The molecule has 1 amide bonds. The number of nitrogens with zero attached hydrogens (tertiary/aromatic N) is 1. The number of carbonyl (C=O) groups excluding carboxylic acids is 1. The normalized spacial score (nSPS) is 18.1. The smallest absolute Gasteiger partial charge is 0.240 e. The summed E-state index contributed by atoms with van der Waals surface area (Å²) in [4.78, 5) is 13.5. The Morgan fingerprint density at radius 1 is 1.46 bits per heavy atom. The van der Waals surface area contributed by atoms with E-state index in [0.29, 0.717) is 26.3 Å². The van der Waals surface area contributed by atoms with E-state index in [1.54, 1.807) is 18.7 Å². The molecule has 0 spiro atoms. The van der Waals surface area contributed by atoms with Gasteiger partial charge in [0.15, 0.2) is 0 Å². The van der Waals surface area contributed by atoms with Crippen LogP contribution in [0.4, 0.5) is 0 Å². The zero-order chi connectivity index (χ0) is 9.90. The van der Waals surface area contributed by atoms with Crippen LogP contribution < -0.4 is 0 Å². The maximum absolute atomic E-state index is 11.7. The van der Waals surface area contributed by atoms with Crippen LogP contribution in [0.25, 0.3) is 0 Å². The maximum Gasteiger partial charge on any atom is 0.240 e. The molecule has 0 aliphatic carbocycles. The summed E-state index contributed by atoms with van der Waals surface area (Å²) >= 11 is 0. The highest BCUT2D eigenvalue weighted by Crippen LogP contribution is 2.17. The molecule has 0 aromatic heterocycles. The van der Waals surface area contributed by atoms with E-state index < -0.39 is 5.41 Å². The number of carbonyl (C=O) groups is 1. The standard InChI is InChI=1S/C10H14NO2/c1-4-10(2,3)9(12)11-5-7-13-8-6-11/h5-8H2,2-3H3. The average molecular weight is 180 g/mol. The molecule has 1 fully saturated rings. The van der Waals surface area contributed by atoms with Gasteiger partial charge in [-0.25, -0.2) is 0 Å². The first kappa shape index (κ1) is 10.1. The quantitative estimate of drug-likeness (QED) is 0.549. The minimum atomic E-state index is -0.794. The molecular formula is C10H14NO2. The van der Waals surface area contributed by atoms with E-state index in [0.717, 1.165) is 0 Å². The van der Waals surface area contributed by atoms with Gasteiger partial charge < -0.3 is 9.64 Å². The largest absolute Gasteiger partial charge is 0.378 e. The summed E-state index contributed by atoms with van der Waals surface area (Å²) in [6.45, 7) is 5.86. The molecule has 71 valence electrons. The highest BCUT2D eigenvalue weighted by Gasteiger charge is 2.30. The summed E-state index contributed by atoms with van der Waals surface area (Å²) in [6, 6.07) is 0. The third-order valence-electron chi connectivity index (χ3n) is 2.15. The van der Waals surface area contributed by atoms with Gasteiger partial charge in [0.25, 0.3) is 0 Å². The molecule has 0 aromatic rings. The number of hydrogen-bond acceptors (Lipinski definition) is 2. The Labute approximate surface area is 79.1 Å². The van der Waals surface area contributed by atoms with Gasteiger partial charge in [-0.1, -0.05) is 5.92 Å². The van der Waals surface area contributed by atoms with Gasteiger partial charge in [0.05, 0.1) is 13.2 Å². The Morgan fingerprint density at radius 3 is 2.46 bits per heavy atom. The summed E-state index contributed by atoms with van der Waals surface area (Å²) in [5.41, 5.74) is -0.794. The second-order valence-corrected chi connectivity index (χ2v) is 3.65. The lowest BCUT2D eigenvalue weighted by Gasteiger charge is -2.31. The van der Waals surface area contributed by atoms with Crippen molar-refractivity contribution >= 4 is 5.91 Å². The van der Waals surface area contributed by atoms with Gasteiger partial charge in [0.1, 0.15) is 5.41 Å². The highest BCUT2D eigenvalue weighted by molar-refractivity contribution is 5.84. The van der Waals surface area contributed by atoms with E-state index in [1.165, 1.54) is 0 Å². The first-order valence-electron chi connectivity index (χ1n) is 4.39. The molecule has 3 nitrogen and oxygen atoms in total. The number of hydrogen-bond donors (Lipinski definition) is 0. The van der Waals surface area contributed by atoms with Crippen molar-refractivity contribution in [2.24, 2.45) is 5.41 Å². The Bertz CT molecular complexity index is 234. The fraction of sp³-hybridized carbons (Fsp3) is 0.700. The molecule has 13 heavy (non-hydrogen) atoms. The van der Waals surface area contributed by atoms with Gasteiger partial charge >= 0.3 is 0 Å². The Morgan fingerprint density at radius 2 is 2.00 bits per heavy atom. The first-order valence-corrected chi connectivity index (χ1v) is 4.39. The molecule has 0 N–H and O–H groups in total. The zero-order valence-corrected chi connectivity index (χ0v) is 8.09. The van der Waals surface area contributed by atoms with Gasteiger partial charge in [-0.3, -0.25) is 4.79 Å². The summed E-state index contributed by atoms with van der Waals surface area (Å²) in [7, 11) is 0. The van der Waals surface area contributed by atoms with Crippen LogP contribution in [0.2, 0.25) is 0 Å². The second-order valence-electron chi connectivity index (χ2n) is 3.65. The topological polar surface area (TPSA) is 29.5 Å². The summed E-state index contributed by atoms with van der Waals surface area (Å²) < 4.78 is 5.14. The van der Waals surface area contributed by atoms with Gasteiger partial charge in [-0.2, -0.15) is 0 Å². The molecule has 1 aliphatic rings. The molecule has 1 aliphatic heterocycles. The first-order chi connectivity index (χ1) is 6.08. The van der Waals surface area contributed by atoms with E-state index in [1.807, 2.05) is 0 Å². The van der Waals surface area contributed by atoms with Crippen molar-refractivity contribution in [1.82, 2.24) is 4.90 Å². The highest BCUT2D eigenvalue weighted by atomic mass is 16.5. The Hall–Kier alpha value is -1.01. The third kappa shape index (κ3) is 2.22. The molecule has 0 unspecified atom stereocenters. The maximum atomic E-state index is 11.7. The van der Waals surface area contributed by atoms with Crippen LogP contribution in [0.3, 0.4) is 0 Å². The lowest BCUT2D eigenvalue weighted by atomic mass is 9.93. The van der Waals surface area contributed by atoms with Crippen molar-refractivity contribution in [1.29, 1.82) is 0 Å². The second kappa shape index (κ2) is 3.80. The lowest BCUT2D eigenvalue weighted by molar-refractivity contribution is -0.141.